The van der Waals surface area contributed by atoms with Crippen LogP contribution in [0.4, 0.5) is 10.8 Å². The number of hydrogen-bond donors (Lipinski definition) is 2. The Balaban J connectivity index is 1.59. The van der Waals surface area contributed by atoms with Gasteiger partial charge < -0.3 is 20.4 Å². The predicted octanol–water partition coefficient (Wildman–Crippen LogP) is 2.93. The standard InChI is InChI=1S/C20H30N6S/c1-4-21-20(23-15-16-7-5-11-22-19(16)25(2)3)24-17-9-12-26(13-10-17)18-8-6-14-27-18/h5-8,11,14,17H,4,9-10,12-13,15H2,1-3H3,(H2,21,23,24). The lowest BCUT2D eigenvalue weighted by atomic mass is 10.1. The highest BCUT2D eigenvalue weighted by Crippen LogP contribution is 2.24. The van der Waals surface area contributed by atoms with Crippen molar-refractivity contribution in [2.75, 3.05) is 43.5 Å². The van der Waals surface area contributed by atoms with Gasteiger partial charge in [-0.1, -0.05) is 6.07 Å². The van der Waals surface area contributed by atoms with Crippen molar-refractivity contribution in [3.8, 4) is 0 Å². The van der Waals surface area contributed by atoms with Gasteiger partial charge in [0, 0.05) is 51.5 Å². The molecule has 27 heavy (non-hydrogen) atoms. The van der Waals surface area contributed by atoms with E-state index in [0.29, 0.717) is 12.6 Å². The highest BCUT2D eigenvalue weighted by Gasteiger charge is 2.20. The van der Waals surface area contributed by atoms with Gasteiger partial charge in [-0.25, -0.2) is 9.98 Å². The quantitative estimate of drug-likeness (QED) is 0.591. The minimum atomic E-state index is 0.459. The minimum Gasteiger partial charge on any atom is -0.363 e. The summed E-state index contributed by atoms with van der Waals surface area (Å²) >= 11 is 1.82. The molecule has 1 fully saturated rings. The van der Waals surface area contributed by atoms with Crippen LogP contribution in [0.3, 0.4) is 0 Å². The number of pyridine rings is 1. The predicted molar refractivity (Wildman–Crippen MR) is 116 cm³/mol. The van der Waals surface area contributed by atoms with Gasteiger partial charge in [-0.15, -0.1) is 11.3 Å². The zero-order valence-corrected chi connectivity index (χ0v) is 17.3. The van der Waals surface area contributed by atoms with E-state index >= 15 is 0 Å². The fourth-order valence-corrected chi connectivity index (χ4v) is 4.11. The molecule has 2 aromatic rings. The Morgan fingerprint density at radius 3 is 2.78 bits per heavy atom. The van der Waals surface area contributed by atoms with Gasteiger partial charge in [0.25, 0.3) is 0 Å². The van der Waals surface area contributed by atoms with Gasteiger partial charge in [-0.05, 0) is 43.3 Å². The SMILES string of the molecule is CCNC(=NCc1cccnc1N(C)C)NC1CCN(c2cccs2)CC1. The maximum Gasteiger partial charge on any atom is 0.191 e. The Hall–Kier alpha value is -2.28. The first-order valence-electron chi connectivity index (χ1n) is 9.62. The summed E-state index contributed by atoms with van der Waals surface area (Å²) in [6.45, 7) is 5.75. The molecular formula is C20H30N6S. The van der Waals surface area contributed by atoms with Crippen LogP contribution in [0.5, 0.6) is 0 Å². The number of piperidine rings is 1. The monoisotopic (exact) mass is 386 g/mol. The third-order valence-corrected chi connectivity index (χ3v) is 5.63. The molecule has 0 aromatic carbocycles. The van der Waals surface area contributed by atoms with Crippen molar-refractivity contribution in [1.82, 2.24) is 15.6 Å². The third kappa shape index (κ3) is 5.35. The van der Waals surface area contributed by atoms with Crippen molar-refractivity contribution in [3.63, 3.8) is 0 Å². The molecule has 0 aliphatic carbocycles. The highest BCUT2D eigenvalue weighted by molar-refractivity contribution is 7.14. The van der Waals surface area contributed by atoms with E-state index in [4.69, 9.17) is 4.99 Å². The molecule has 7 heteroatoms. The van der Waals surface area contributed by atoms with Crippen LogP contribution in [0.2, 0.25) is 0 Å². The number of aromatic nitrogens is 1. The number of nitrogens with one attached hydrogen (secondary N) is 2. The number of hydrogen-bond acceptors (Lipinski definition) is 5. The molecule has 0 saturated carbocycles. The Morgan fingerprint density at radius 2 is 2.11 bits per heavy atom. The Kier molecular flexibility index (Phi) is 6.92. The van der Waals surface area contributed by atoms with E-state index in [1.54, 1.807) is 0 Å². The third-order valence-electron chi connectivity index (χ3n) is 4.70. The number of aliphatic imine (C=N–C) groups is 1. The van der Waals surface area contributed by atoms with Crippen molar-refractivity contribution in [1.29, 1.82) is 0 Å². The van der Waals surface area contributed by atoms with Crippen LogP contribution in [-0.2, 0) is 6.54 Å². The van der Waals surface area contributed by atoms with E-state index in [2.05, 4.69) is 51.0 Å². The Bertz CT molecular complexity index is 720. The molecule has 0 radical (unpaired) electrons. The van der Waals surface area contributed by atoms with Crippen LogP contribution >= 0.6 is 11.3 Å². The number of rotatable bonds is 6. The maximum atomic E-state index is 4.81. The Morgan fingerprint density at radius 1 is 1.30 bits per heavy atom. The first-order chi connectivity index (χ1) is 13.2. The molecule has 0 bridgehead atoms. The summed E-state index contributed by atoms with van der Waals surface area (Å²) in [4.78, 5) is 13.8. The number of guanidine groups is 1. The van der Waals surface area contributed by atoms with Crippen LogP contribution in [0.15, 0.2) is 40.8 Å². The van der Waals surface area contributed by atoms with Gasteiger partial charge in [-0.3, -0.25) is 0 Å². The van der Waals surface area contributed by atoms with Crippen LogP contribution in [0.25, 0.3) is 0 Å². The molecule has 2 N–H and O–H groups in total. The summed E-state index contributed by atoms with van der Waals surface area (Å²) in [5, 5.41) is 10.5. The van der Waals surface area contributed by atoms with Crippen LogP contribution in [-0.4, -0.2) is 50.7 Å². The van der Waals surface area contributed by atoms with Crippen LogP contribution < -0.4 is 20.4 Å². The summed E-state index contributed by atoms with van der Waals surface area (Å²) in [5.74, 6) is 1.86. The van der Waals surface area contributed by atoms with Crippen molar-refractivity contribution in [2.24, 2.45) is 4.99 Å². The van der Waals surface area contributed by atoms with Crippen LogP contribution in [0.1, 0.15) is 25.3 Å². The van der Waals surface area contributed by atoms with E-state index in [0.717, 1.165) is 49.8 Å². The summed E-state index contributed by atoms with van der Waals surface area (Å²) in [6, 6.07) is 8.86. The molecule has 3 heterocycles. The van der Waals surface area contributed by atoms with Gasteiger partial charge in [0.15, 0.2) is 5.96 Å². The minimum absolute atomic E-state index is 0.459. The van der Waals surface area contributed by atoms with Crippen molar-refractivity contribution >= 4 is 28.1 Å². The van der Waals surface area contributed by atoms with E-state index < -0.39 is 0 Å². The second-order valence-corrected chi connectivity index (χ2v) is 7.86. The van der Waals surface area contributed by atoms with Gasteiger partial charge in [0.1, 0.15) is 5.82 Å². The normalized spacial score (nSPS) is 15.7. The molecule has 2 aromatic heterocycles. The lowest BCUT2D eigenvalue weighted by Gasteiger charge is -2.33. The molecule has 6 nitrogen and oxygen atoms in total. The van der Waals surface area contributed by atoms with Crippen LogP contribution in [0, 0.1) is 0 Å². The lowest BCUT2D eigenvalue weighted by Crippen LogP contribution is -2.48. The van der Waals surface area contributed by atoms with Gasteiger partial charge in [-0.2, -0.15) is 0 Å². The van der Waals surface area contributed by atoms with Gasteiger partial charge in [0.05, 0.1) is 11.5 Å². The first kappa shape index (κ1) is 19.5. The van der Waals surface area contributed by atoms with Crippen molar-refractivity contribution in [3.05, 3.63) is 41.4 Å². The zero-order chi connectivity index (χ0) is 19.1. The summed E-state index contributed by atoms with van der Waals surface area (Å²) < 4.78 is 0. The summed E-state index contributed by atoms with van der Waals surface area (Å²) in [7, 11) is 4.03. The molecule has 3 rings (SSSR count). The van der Waals surface area contributed by atoms with Crippen molar-refractivity contribution < 1.29 is 0 Å². The molecule has 0 amide bonds. The van der Waals surface area contributed by atoms with Gasteiger partial charge >= 0.3 is 0 Å². The molecule has 1 aliphatic rings. The van der Waals surface area contributed by atoms with E-state index in [1.165, 1.54) is 5.00 Å². The second kappa shape index (κ2) is 9.60. The fourth-order valence-electron chi connectivity index (χ4n) is 3.33. The maximum absolute atomic E-state index is 4.81. The number of anilines is 2. The average Bonchev–Trinajstić information content (AvgIpc) is 3.22. The lowest BCUT2D eigenvalue weighted by molar-refractivity contribution is 0.463. The molecule has 146 valence electrons. The van der Waals surface area contributed by atoms with Crippen molar-refractivity contribution in [2.45, 2.75) is 32.4 Å². The summed E-state index contributed by atoms with van der Waals surface area (Å²) in [5.41, 5.74) is 1.13. The fraction of sp³-hybridized carbons (Fsp3) is 0.500. The zero-order valence-electron chi connectivity index (χ0n) is 16.5. The Labute approximate surface area is 166 Å². The topological polar surface area (TPSA) is 55.8 Å². The highest BCUT2D eigenvalue weighted by atomic mass is 32.1. The second-order valence-electron chi connectivity index (χ2n) is 6.93. The molecule has 1 aliphatic heterocycles. The molecular weight excluding hydrogens is 356 g/mol. The van der Waals surface area contributed by atoms with Gasteiger partial charge in [0.2, 0.25) is 0 Å². The van der Waals surface area contributed by atoms with E-state index in [9.17, 15) is 0 Å². The number of nitrogens with zero attached hydrogens (tertiary/aromatic N) is 4. The summed E-state index contributed by atoms with van der Waals surface area (Å²) in [6.07, 6.45) is 4.07. The average molecular weight is 387 g/mol. The van der Waals surface area contributed by atoms with E-state index in [1.807, 2.05) is 42.6 Å². The van der Waals surface area contributed by atoms with E-state index in [-0.39, 0.29) is 0 Å². The largest absolute Gasteiger partial charge is 0.363 e. The first-order valence-corrected chi connectivity index (χ1v) is 10.5. The number of thiophene rings is 1. The molecule has 0 unspecified atom stereocenters. The molecule has 1 saturated heterocycles. The molecule has 0 spiro atoms. The smallest absolute Gasteiger partial charge is 0.191 e. The molecule has 0 atom stereocenters.